The van der Waals surface area contributed by atoms with Crippen molar-refractivity contribution in [3.63, 3.8) is 0 Å². The zero-order chi connectivity index (χ0) is 55.0. The van der Waals surface area contributed by atoms with E-state index in [-0.39, 0.29) is 12.5 Å². The van der Waals surface area contributed by atoms with Gasteiger partial charge >= 0.3 is 0 Å². The number of ether oxygens (including phenoxy) is 2. The first kappa shape index (κ1) is 72.9. The van der Waals surface area contributed by atoms with Crippen molar-refractivity contribution in [1.29, 1.82) is 0 Å². The van der Waals surface area contributed by atoms with E-state index in [9.17, 15) is 30.3 Å². The smallest absolute Gasteiger partial charge is 0.220 e. The monoisotopic (exact) mass is 1080 g/mol. The van der Waals surface area contributed by atoms with Crippen molar-refractivity contribution in [3.05, 3.63) is 12.2 Å². The number of hydrogen-bond donors (Lipinski definition) is 6. The summed E-state index contributed by atoms with van der Waals surface area (Å²) in [5.74, 6) is -0.169. The van der Waals surface area contributed by atoms with Crippen molar-refractivity contribution >= 4 is 5.91 Å². The predicted octanol–water partition coefficient (Wildman–Crippen LogP) is 17.9. The van der Waals surface area contributed by atoms with E-state index < -0.39 is 49.5 Å². The Balaban J connectivity index is 2.01. The summed E-state index contributed by atoms with van der Waals surface area (Å²) >= 11 is 0. The average molecular weight is 1080 g/mol. The number of allylic oxidation sites excluding steroid dienone is 1. The first-order valence-electron chi connectivity index (χ1n) is 33.9. The molecule has 1 rings (SSSR count). The van der Waals surface area contributed by atoms with Crippen LogP contribution in [0.5, 0.6) is 0 Å². The molecular formula is C67H131NO8. The van der Waals surface area contributed by atoms with Crippen LogP contribution in [-0.4, -0.2) is 87.5 Å². The van der Waals surface area contributed by atoms with Gasteiger partial charge in [-0.2, -0.15) is 0 Å². The lowest BCUT2D eigenvalue weighted by atomic mass is 9.99. The summed E-state index contributed by atoms with van der Waals surface area (Å²) in [6.45, 7) is 3.82. The predicted molar refractivity (Wildman–Crippen MR) is 323 cm³/mol. The van der Waals surface area contributed by atoms with Crippen molar-refractivity contribution in [1.82, 2.24) is 5.32 Å². The molecule has 0 saturated carbocycles. The third-order valence-electron chi connectivity index (χ3n) is 16.6. The quantitative estimate of drug-likeness (QED) is 0.0261. The number of rotatable bonds is 60. The number of amides is 1. The number of aliphatic hydroxyl groups excluding tert-OH is 5. The van der Waals surface area contributed by atoms with Crippen LogP contribution in [0.1, 0.15) is 354 Å². The Morgan fingerprint density at radius 1 is 0.434 bits per heavy atom. The Morgan fingerprint density at radius 3 is 1.03 bits per heavy atom. The number of carbonyl (C=O) groups is 1. The Kier molecular flexibility index (Phi) is 54.9. The standard InChI is InChI=1S/C67H131NO8/c1-3-5-7-9-11-13-15-17-19-20-21-22-23-24-25-26-27-28-29-30-31-32-33-34-35-36-37-38-39-40-41-42-43-45-47-49-51-53-55-57-63(71)68-60(59-75-67-66(74)65(73)64(72)62(58-69)76-67)61(70)56-54-52-50-48-46-44-18-16-14-12-10-8-6-4-2/h54,56,60-62,64-67,69-70,72-74H,3-53,55,57-59H2,1-2H3,(H,68,71)/b56-54+. The molecule has 6 N–H and O–H groups in total. The zero-order valence-corrected chi connectivity index (χ0v) is 50.5. The van der Waals surface area contributed by atoms with Gasteiger partial charge in [-0.25, -0.2) is 0 Å². The van der Waals surface area contributed by atoms with E-state index in [2.05, 4.69) is 19.2 Å². The topological polar surface area (TPSA) is 149 Å². The second kappa shape index (κ2) is 57.2. The van der Waals surface area contributed by atoms with Crippen LogP contribution in [0.15, 0.2) is 12.2 Å². The summed E-state index contributed by atoms with van der Waals surface area (Å²) in [6, 6.07) is -0.800. The fourth-order valence-corrected chi connectivity index (χ4v) is 11.3. The van der Waals surface area contributed by atoms with Gasteiger partial charge in [0.1, 0.15) is 24.4 Å². The van der Waals surface area contributed by atoms with E-state index in [4.69, 9.17) is 9.47 Å². The molecule has 1 aliphatic rings. The molecule has 0 aromatic rings. The molecule has 1 aliphatic heterocycles. The summed E-state index contributed by atoms with van der Waals surface area (Å²) < 4.78 is 11.3. The third-order valence-corrected chi connectivity index (χ3v) is 16.6. The van der Waals surface area contributed by atoms with Gasteiger partial charge in [0.15, 0.2) is 6.29 Å². The normalized spacial score (nSPS) is 18.8. The molecule has 1 fully saturated rings. The highest BCUT2D eigenvalue weighted by molar-refractivity contribution is 5.76. The van der Waals surface area contributed by atoms with Crippen molar-refractivity contribution in [2.75, 3.05) is 13.2 Å². The molecule has 0 aromatic heterocycles. The fourth-order valence-electron chi connectivity index (χ4n) is 11.3. The molecule has 0 aromatic carbocycles. The minimum absolute atomic E-state index is 0.169. The van der Waals surface area contributed by atoms with Crippen LogP contribution < -0.4 is 5.32 Å². The highest BCUT2D eigenvalue weighted by Crippen LogP contribution is 2.23. The van der Waals surface area contributed by atoms with E-state index >= 15 is 0 Å². The molecule has 1 saturated heterocycles. The van der Waals surface area contributed by atoms with Gasteiger partial charge in [0, 0.05) is 6.42 Å². The van der Waals surface area contributed by atoms with E-state index in [1.54, 1.807) is 6.08 Å². The molecule has 1 amide bonds. The molecule has 0 bridgehead atoms. The first-order chi connectivity index (χ1) is 37.3. The van der Waals surface area contributed by atoms with E-state index in [0.29, 0.717) is 6.42 Å². The van der Waals surface area contributed by atoms with Crippen LogP contribution >= 0.6 is 0 Å². The Hall–Kier alpha value is -1.07. The molecule has 9 nitrogen and oxygen atoms in total. The summed E-state index contributed by atoms with van der Waals surface area (Å²) in [7, 11) is 0. The highest BCUT2D eigenvalue weighted by Gasteiger charge is 2.44. The number of aliphatic hydroxyl groups is 5. The molecule has 7 unspecified atom stereocenters. The molecule has 0 aliphatic carbocycles. The highest BCUT2D eigenvalue weighted by atomic mass is 16.7. The van der Waals surface area contributed by atoms with Gasteiger partial charge in [-0.15, -0.1) is 0 Å². The van der Waals surface area contributed by atoms with Gasteiger partial charge in [0.25, 0.3) is 0 Å². The third kappa shape index (κ3) is 45.6. The molecule has 0 spiro atoms. The van der Waals surface area contributed by atoms with Crippen LogP contribution in [0, 0.1) is 0 Å². The van der Waals surface area contributed by atoms with Crippen LogP contribution in [0.25, 0.3) is 0 Å². The van der Waals surface area contributed by atoms with Gasteiger partial charge in [-0.1, -0.05) is 341 Å². The molecule has 7 atom stereocenters. The van der Waals surface area contributed by atoms with Gasteiger partial charge < -0.3 is 40.3 Å². The first-order valence-corrected chi connectivity index (χ1v) is 33.9. The van der Waals surface area contributed by atoms with Crippen molar-refractivity contribution < 1.29 is 39.8 Å². The zero-order valence-electron chi connectivity index (χ0n) is 50.5. The van der Waals surface area contributed by atoms with Crippen LogP contribution in [0.2, 0.25) is 0 Å². The molecule has 1 heterocycles. The second-order valence-corrected chi connectivity index (χ2v) is 24.0. The fraction of sp³-hybridized carbons (Fsp3) is 0.955. The Morgan fingerprint density at radius 2 is 0.724 bits per heavy atom. The largest absolute Gasteiger partial charge is 0.394 e. The second-order valence-electron chi connectivity index (χ2n) is 24.0. The number of carbonyl (C=O) groups excluding carboxylic acids is 1. The lowest BCUT2D eigenvalue weighted by Gasteiger charge is -2.40. The van der Waals surface area contributed by atoms with E-state index in [1.165, 1.54) is 295 Å². The maximum atomic E-state index is 13.1. The molecule has 452 valence electrons. The SMILES string of the molecule is CCCCCCCCCCCCCC/C=C/C(O)C(COC1OC(CO)C(O)C(O)C1O)NC(=O)CCCCCCCCCCCCCCCCCCCCCCCCCCCCCCCCCCCCCCCCC. The van der Waals surface area contributed by atoms with E-state index in [0.717, 1.165) is 38.5 Å². The van der Waals surface area contributed by atoms with Crippen molar-refractivity contribution in [2.45, 2.75) is 397 Å². The minimum Gasteiger partial charge on any atom is -0.394 e. The lowest BCUT2D eigenvalue weighted by Crippen LogP contribution is -2.60. The van der Waals surface area contributed by atoms with Gasteiger partial charge in [-0.3, -0.25) is 4.79 Å². The van der Waals surface area contributed by atoms with Crippen molar-refractivity contribution in [3.8, 4) is 0 Å². The summed E-state index contributed by atoms with van der Waals surface area (Å²) in [5.41, 5.74) is 0. The average Bonchev–Trinajstić information content (AvgIpc) is 3.42. The van der Waals surface area contributed by atoms with Gasteiger partial charge in [0.05, 0.1) is 25.4 Å². The molecule has 76 heavy (non-hydrogen) atoms. The molecular weight excluding hydrogens is 947 g/mol. The maximum Gasteiger partial charge on any atom is 0.220 e. The summed E-state index contributed by atoms with van der Waals surface area (Å²) in [5, 5.41) is 54.5. The maximum absolute atomic E-state index is 13.1. The molecule has 0 radical (unpaired) electrons. The lowest BCUT2D eigenvalue weighted by molar-refractivity contribution is -0.302. The number of hydrogen-bond acceptors (Lipinski definition) is 8. The van der Waals surface area contributed by atoms with Gasteiger partial charge in [0.2, 0.25) is 5.91 Å². The Bertz CT molecular complexity index is 1200. The van der Waals surface area contributed by atoms with Crippen LogP contribution in [0.4, 0.5) is 0 Å². The van der Waals surface area contributed by atoms with Crippen molar-refractivity contribution in [2.24, 2.45) is 0 Å². The van der Waals surface area contributed by atoms with Crippen LogP contribution in [0.3, 0.4) is 0 Å². The summed E-state index contributed by atoms with van der Waals surface area (Å²) in [6.07, 6.45) is 66.3. The molecule has 9 heteroatoms. The summed E-state index contributed by atoms with van der Waals surface area (Å²) in [4.78, 5) is 13.1. The van der Waals surface area contributed by atoms with E-state index in [1.807, 2.05) is 6.08 Å². The Labute approximate surface area is 471 Å². The van der Waals surface area contributed by atoms with Crippen LogP contribution in [-0.2, 0) is 14.3 Å². The minimum atomic E-state index is -1.56. The number of unbranched alkanes of at least 4 members (excludes halogenated alkanes) is 50. The number of nitrogens with one attached hydrogen (secondary N) is 1. The van der Waals surface area contributed by atoms with Gasteiger partial charge in [-0.05, 0) is 19.3 Å².